The lowest BCUT2D eigenvalue weighted by Crippen LogP contribution is -2.50. The number of likely N-dealkylation sites (N-methyl/N-ethyl adjacent to an activating group) is 1. The number of sulfonamides is 2. The van der Waals surface area contributed by atoms with Crippen molar-refractivity contribution < 1.29 is 31.1 Å². The summed E-state index contributed by atoms with van der Waals surface area (Å²) < 4.78 is 75.8. The minimum atomic E-state index is -4.05. The fourth-order valence-electron chi connectivity index (χ4n) is 4.04. The second kappa shape index (κ2) is 12.1. The Hall–Kier alpha value is -2.49. The lowest BCUT2D eigenvalue weighted by atomic mass is 10.0. The first-order valence-corrected chi connectivity index (χ1v) is 15.3. The Balaban J connectivity index is 2.05. The van der Waals surface area contributed by atoms with E-state index in [1.807, 2.05) is 13.8 Å². The second-order valence-corrected chi connectivity index (χ2v) is 13.9. The molecule has 208 valence electrons. The third-order valence-corrected chi connectivity index (χ3v) is 10.2. The fourth-order valence-corrected chi connectivity index (χ4v) is 7.08. The van der Waals surface area contributed by atoms with E-state index in [9.17, 15) is 26.3 Å². The summed E-state index contributed by atoms with van der Waals surface area (Å²) >= 11 is 0. The molecule has 0 aromatic heterocycles. The Labute approximate surface area is 225 Å². The van der Waals surface area contributed by atoms with Crippen LogP contribution >= 0.6 is 0 Å². The number of fused-ring (bicyclic) bond motifs is 1. The molecule has 38 heavy (non-hydrogen) atoms. The maximum Gasteiger partial charge on any atom is 0.247 e. The fraction of sp³-hybridized carbons (Fsp3) is 0.481. The first-order valence-electron chi connectivity index (χ1n) is 12.4. The monoisotopic (exact) mass is 566 g/mol. The van der Waals surface area contributed by atoms with Crippen LogP contribution in [-0.4, -0.2) is 69.4 Å². The molecule has 0 amide bonds. The van der Waals surface area contributed by atoms with Crippen LogP contribution in [0, 0.1) is 29.5 Å². The molecule has 8 nitrogen and oxygen atoms in total. The largest absolute Gasteiger partial charge is 0.487 e. The molecule has 3 rings (SSSR count). The number of hydrogen-bond acceptors (Lipinski definition) is 6. The van der Waals surface area contributed by atoms with Gasteiger partial charge in [0.25, 0.3) is 0 Å². The molecule has 3 atom stereocenters. The minimum Gasteiger partial charge on any atom is -0.487 e. The van der Waals surface area contributed by atoms with Crippen LogP contribution in [0.4, 0.5) is 4.39 Å². The van der Waals surface area contributed by atoms with Gasteiger partial charge in [-0.25, -0.2) is 21.2 Å². The molecule has 1 N–H and O–H groups in total. The van der Waals surface area contributed by atoms with E-state index in [0.717, 1.165) is 16.4 Å². The van der Waals surface area contributed by atoms with Crippen molar-refractivity contribution in [2.45, 2.75) is 56.1 Å². The molecule has 0 radical (unpaired) electrons. The summed E-state index contributed by atoms with van der Waals surface area (Å²) in [5.74, 6) is 5.40. The molecule has 1 heterocycles. The van der Waals surface area contributed by atoms with Crippen molar-refractivity contribution in [1.29, 1.82) is 0 Å². The van der Waals surface area contributed by atoms with Crippen LogP contribution < -0.4 is 4.74 Å². The van der Waals surface area contributed by atoms with E-state index < -0.39 is 43.9 Å². The molecule has 0 saturated carbocycles. The highest BCUT2D eigenvalue weighted by molar-refractivity contribution is 7.89. The molecule has 0 aliphatic carbocycles. The quantitative estimate of drug-likeness (QED) is 0.516. The van der Waals surface area contributed by atoms with Gasteiger partial charge in [0.15, 0.2) is 0 Å². The summed E-state index contributed by atoms with van der Waals surface area (Å²) in [6, 6.07) is 8.62. The number of hydrogen-bond donors (Lipinski definition) is 1. The lowest BCUT2D eigenvalue weighted by molar-refractivity contribution is 0.0904. The van der Waals surface area contributed by atoms with Gasteiger partial charge in [0, 0.05) is 37.5 Å². The Morgan fingerprint density at radius 1 is 1.21 bits per heavy atom. The van der Waals surface area contributed by atoms with E-state index in [4.69, 9.17) is 4.74 Å². The van der Waals surface area contributed by atoms with Gasteiger partial charge >= 0.3 is 0 Å². The van der Waals surface area contributed by atoms with Gasteiger partial charge in [-0.15, -0.1) is 0 Å². The third-order valence-electron chi connectivity index (χ3n) is 6.35. The molecule has 0 unspecified atom stereocenters. The molecular formula is C27H35FN2O6S2. The van der Waals surface area contributed by atoms with E-state index in [2.05, 4.69) is 11.8 Å². The molecule has 11 heteroatoms. The Morgan fingerprint density at radius 3 is 2.55 bits per heavy atom. The van der Waals surface area contributed by atoms with Gasteiger partial charge < -0.3 is 9.84 Å². The summed E-state index contributed by atoms with van der Waals surface area (Å²) in [5.41, 5.74) is 0.564. The molecule has 2 aromatic carbocycles. The van der Waals surface area contributed by atoms with Gasteiger partial charge in [0.05, 0.1) is 18.0 Å². The summed E-state index contributed by atoms with van der Waals surface area (Å²) in [6.07, 6.45) is -0.0923. The number of rotatable bonds is 7. The van der Waals surface area contributed by atoms with Gasteiger partial charge in [0.1, 0.15) is 22.6 Å². The van der Waals surface area contributed by atoms with Crippen molar-refractivity contribution in [3.05, 3.63) is 53.8 Å². The highest BCUT2D eigenvalue weighted by Gasteiger charge is 2.39. The van der Waals surface area contributed by atoms with Crippen LogP contribution in [0.25, 0.3) is 0 Å². The number of ether oxygens (including phenoxy) is 1. The summed E-state index contributed by atoms with van der Waals surface area (Å²) in [7, 11) is -6.72. The van der Waals surface area contributed by atoms with Crippen molar-refractivity contribution in [1.82, 2.24) is 8.61 Å². The molecule has 0 spiro atoms. The minimum absolute atomic E-state index is 0.00202. The average Bonchev–Trinajstić information content (AvgIpc) is 2.85. The summed E-state index contributed by atoms with van der Waals surface area (Å²) in [4.78, 5) is -0.278. The Morgan fingerprint density at radius 2 is 1.92 bits per heavy atom. The predicted octanol–water partition coefficient (Wildman–Crippen LogP) is 3.31. The molecule has 1 aliphatic rings. The predicted molar refractivity (Wildman–Crippen MR) is 143 cm³/mol. The second-order valence-electron chi connectivity index (χ2n) is 10.0. The molecule has 0 bridgehead atoms. The normalized spacial score (nSPS) is 20.6. The van der Waals surface area contributed by atoms with Crippen LogP contribution in [0.3, 0.4) is 0 Å². The maximum atomic E-state index is 13.7. The average molecular weight is 567 g/mol. The van der Waals surface area contributed by atoms with Crippen molar-refractivity contribution >= 4 is 20.0 Å². The number of halogens is 1. The molecule has 0 saturated heterocycles. The van der Waals surface area contributed by atoms with Crippen LogP contribution in [0.15, 0.2) is 52.3 Å². The summed E-state index contributed by atoms with van der Waals surface area (Å²) in [5, 5.41) is 9.79. The standard InChI is InChI=1S/C27H35FN2O6S2/c1-19(2)8-6-9-22-12-13-27-25(14-22)36-26(20(3)16-30(21(4)18-31)38(27,34)35)17-29(5)37(32,33)24-11-7-10-23(28)15-24/h7,10-15,19-21,26,31H,8,16-18H2,1-5H3/t20-,21+,26+/m0/s1. The first kappa shape index (κ1) is 30.1. The smallest absolute Gasteiger partial charge is 0.247 e. The lowest BCUT2D eigenvalue weighted by Gasteiger charge is -2.37. The molecule has 0 fully saturated rings. The zero-order valence-electron chi connectivity index (χ0n) is 22.3. The third kappa shape index (κ3) is 6.74. The van der Waals surface area contributed by atoms with Gasteiger partial charge in [-0.2, -0.15) is 8.61 Å². The van der Waals surface area contributed by atoms with Crippen LogP contribution in [0.1, 0.15) is 39.7 Å². The van der Waals surface area contributed by atoms with E-state index in [1.165, 1.54) is 29.6 Å². The molecule has 1 aliphatic heterocycles. The highest BCUT2D eigenvalue weighted by atomic mass is 32.2. The Kier molecular flexibility index (Phi) is 9.60. The maximum absolute atomic E-state index is 13.7. The molecule has 2 aromatic rings. The summed E-state index contributed by atoms with van der Waals surface area (Å²) in [6.45, 7) is 6.94. The van der Waals surface area contributed by atoms with Crippen LogP contribution in [0.5, 0.6) is 5.75 Å². The SMILES string of the molecule is CC(C)CC#Cc1ccc2c(c1)O[C@H](CN(C)S(=O)(=O)c1cccc(F)c1)[C@@H](C)CN([C@H](C)CO)S2(=O)=O. The van der Waals surface area contributed by atoms with E-state index >= 15 is 0 Å². The van der Waals surface area contributed by atoms with Crippen LogP contribution in [-0.2, 0) is 20.0 Å². The number of benzene rings is 2. The first-order chi connectivity index (χ1) is 17.8. The topological polar surface area (TPSA) is 104 Å². The Bertz CT molecular complexity index is 1420. The van der Waals surface area contributed by atoms with Gasteiger partial charge in [-0.05, 0) is 49.2 Å². The van der Waals surface area contributed by atoms with Crippen molar-refractivity contribution in [3.8, 4) is 17.6 Å². The van der Waals surface area contributed by atoms with Gasteiger partial charge in [-0.3, -0.25) is 0 Å². The zero-order valence-corrected chi connectivity index (χ0v) is 23.9. The number of aliphatic hydroxyl groups excluding tert-OH is 1. The zero-order chi connectivity index (χ0) is 28.3. The number of nitrogens with zero attached hydrogens (tertiary/aromatic N) is 2. The number of aliphatic hydroxyl groups is 1. The van der Waals surface area contributed by atoms with E-state index in [1.54, 1.807) is 26.0 Å². The van der Waals surface area contributed by atoms with Crippen molar-refractivity contribution in [2.24, 2.45) is 11.8 Å². The van der Waals surface area contributed by atoms with E-state index in [0.29, 0.717) is 17.9 Å². The van der Waals surface area contributed by atoms with Crippen molar-refractivity contribution in [2.75, 3.05) is 26.7 Å². The van der Waals surface area contributed by atoms with E-state index in [-0.39, 0.29) is 35.2 Å². The van der Waals surface area contributed by atoms with Gasteiger partial charge in [-0.1, -0.05) is 38.7 Å². The highest BCUT2D eigenvalue weighted by Crippen LogP contribution is 2.34. The van der Waals surface area contributed by atoms with Gasteiger partial charge in [0.2, 0.25) is 20.0 Å². The molecular weight excluding hydrogens is 531 g/mol. The van der Waals surface area contributed by atoms with Crippen molar-refractivity contribution in [3.63, 3.8) is 0 Å². The van der Waals surface area contributed by atoms with Crippen LogP contribution in [0.2, 0.25) is 0 Å².